The molecule has 0 spiro atoms. The van der Waals surface area contributed by atoms with Gasteiger partial charge in [-0.05, 0) is 24.1 Å². The molecule has 0 radical (unpaired) electrons. The fourth-order valence-corrected chi connectivity index (χ4v) is 2.22. The minimum Gasteiger partial charge on any atom is -0.383 e. The Labute approximate surface area is 108 Å². The minimum absolute atomic E-state index is 0.759. The second kappa shape index (κ2) is 9.28. The highest BCUT2D eigenvalue weighted by Gasteiger charge is 1.95. The molecule has 1 aromatic rings. The van der Waals surface area contributed by atoms with Gasteiger partial charge in [0.15, 0.2) is 0 Å². The number of rotatable bonds is 9. The third-order valence-corrected chi connectivity index (χ3v) is 3.37. The Morgan fingerprint density at radius 1 is 1.35 bits per heavy atom. The standard InChI is InChI=1S/C14H21NOS/c1-3-4-11-17-14-7-5-13(6-8-14)12-15-9-10-16-2/h3,5-8,15H,1,4,9-12H2,2H3. The van der Waals surface area contributed by atoms with Crippen molar-refractivity contribution in [2.45, 2.75) is 17.9 Å². The van der Waals surface area contributed by atoms with Gasteiger partial charge in [-0.25, -0.2) is 0 Å². The summed E-state index contributed by atoms with van der Waals surface area (Å²) in [6, 6.07) is 8.72. The van der Waals surface area contributed by atoms with Gasteiger partial charge in [-0.2, -0.15) is 0 Å². The molecule has 0 heterocycles. The van der Waals surface area contributed by atoms with E-state index in [1.165, 1.54) is 10.5 Å². The van der Waals surface area contributed by atoms with E-state index in [1.54, 1.807) is 7.11 Å². The van der Waals surface area contributed by atoms with Gasteiger partial charge in [0.1, 0.15) is 0 Å². The molecular weight excluding hydrogens is 230 g/mol. The van der Waals surface area contributed by atoms with Crippen molar-refractivity contribution in [3.63, 3.8) is 0 Å². The summed E-state index contributed by atoms with van der Waals surface area (Å²) in [6.45, 7) is 6.28. The number of methoxy groups -OCH3 is 1. The summed E-state index contributed by atoms with van der Waals surface area (Å²) in [5, 5.41) is 3.33. The van der Waals surface area contributed by atoms with Crippen LogP contribution in [0.25, 0.3) is 0 Å². The van der Waals surface area contributed by atoms with E-state index in [4.69, 9.17) is 4.74 Å². The summed E-state index contributed by atoms with van der Waals surface area (Å²) in [7, 11) is 1.72. The van der Waals surface area contributed by atoms with Gasteiger partial charge >= 0.3 is 0 Å². The van der Waals surface area contributed by atoms with Crippen LogP contribution in [0.4, 0.5) is 0 Å². The quantitative estimate of drug-likeness (QED) is 0.414. The first-order valence-electron chi connectivity index (χ1n) is 5.89. The summed E-state index contributed by atoms with van der Waals surface area (Å²) in [4.78, 5) is 1.33. The molecule has 0 unspecified atom stereocenters. The monoisotopic (exact) mass is 251 g/mol. The van der Waals surface area contributed by atoms with Crippen molar-refractivity contribution in [2.24, 2.45) is 0 Å². The fourth-order valence-electron chi connectivity index (χ4n) is 1.37. The summed E-state index contributed by atoms with van der Waals surface area (Å²) >= 11 is 1.87. The van der Waals surface area contributed by atoms with Crippen LogP contribution in [0.15, 0.2) is 41.8 Å². The molecule has 3 heteroatoms. The predicted octanol–water partition coefficient (Wildman–Crippen LogP) is 3.09. The van der Waals surface area contributed by atoms with Crippen molar-refractivity contribution >= 4 is 11.8 Å². The van der Waals surface area contributed by atoms with Crippen LogP contribution in [-0.4, -0.2) is 26.0 Å². The van der Waals surface area contributed by atoms with E-state index >= 15 is 0 Å². The highest BCUT2D eigenvalue weighted by atomic mass is 32.2. The topological polar surface area (TPSA) is 21.3 Å². The smallest absolute Gasteiger partial charge is 0.0587 e. The van der Waals surface area contributed by atoms with E-state index in [9.17, 15) is 0 Å². The van der Waals surface area contributed by atoms with Gasteiger partial charge in [-0.3, -0.25) is 0 Å². The van der Waals surface area contributed by atoms with Crippen LogP contribution < -0.4 is 5.32 Å². The number of nitrogens with one attached hydrogen (secondary N) is 1. The van der Waals surface area contributed by atoms with Crippen LogP contribution in [0, 0.1) is 0 Å². The van der Waals surface area contributed by atoms with Crippen molar-refractivity contribution in [3.05, 3.63) is 42.5 Å². The van der Waals surface area contributed by atoms with E-state index in [0.717, 1.165) is 31.9 Å². The molecule has 0 aromatic heterocycles. The summed E-state index contributed by atoms with van der Waals surface area (Å²) in [5.74, 6) is 1.11. The SMILES string of the molecule is C=CCCSc1ccc(CNCCOC)cc1. The Balaban J connectivity index is 2.26. The van der Waals surface area contributed by atoms with Gasteiger partial charge in [-0.15, -0.1) is 18.3 Å². The first-order chi connectivity index (χ1) is 8.36. The number of hydrogen-bond acceptors (Lipinski definition) is 3. The second-order valence-corrected chi connectivity index (χ2v) is 4.91. The third kappa shape index (κ3) is 6.51. The molecule has 0 bridgehead atoms. The van der Waals surface area contributed by atoms with Crippen molar-refractivity contribution < 1.29 is 4.74 Å². The lowest BCUT2D eigenvalue weighted by atomic mass is 10.2. The Morgan fingerprint density at radius 2 is 2.12 bits per heavy atom. The maximum Gasteiger partial charge on any atom is 0.0587 e. The number of benzene rings is 1. The van der Waals surface area contributed by atoms with Crippen LogP contribution in [0.2, 0.25) is 0 Å². The van der Waals surface area contributed by atoms with Crippen molar-refractivity contribution in [3.8, 4) is 0 Å². The lowest BCUT2D eigenvalue weighted by Gasteiger charge is -2.05. The van der Waals surface area contributed by atoms with Gasteiger partial charge in [0.05, 0.1) is 6.61 Å². The van der Waals surface area contributed by atoms with Gasteiger partial charge in [0.25, 0.3) is 0 Å². The molecule has 1 N–H and O–H groups in total. The molecule has 0 saturated carbocycles. The fraction of sp³-hybridized carbons (Fsp3) is 0.429. The maximum atomic E-state index is 4.98. The Morgan fingerprint density at radius 3 is 2.76 bits per heavy atom. The maximum absolute atomic E-state index is 4.98. The molecule has 17 heavy (non-hydrogen) atoms. The lowest BCUT2D eigenvalue weighted by Crippen LogP contribution is -2.18. The van der Waals surface area contributed by atoms with E-state index < -0.39 is 0 Å². The minimum atomic E-state index is 0.759. The van der Waals surface area contributed by atoms with Gasteiger partial charge < -0.3 is 10.1 Å². The average molecular weight is 251 g/mol. The zero-order chi connectivity index (χ0) is 12.3. The zero-order valence-corrected chi connectivity index (χ0v) is 11.3. The molecule has 0 aliphatic rings. The second-order valence-electron chi connectivity index (χ2n) is 3.74. The van der Waals surface area contributed by atoms with E-state index in [-0.39, 0.29) is 0 Å². The van der Waals surface area contributed by atoms with Gasteiger partial charge in [-0.1, -0.05) is 18.2 Å². The number of allylic oxidation sites excluding steroid dienone is 1. The molecule has 0 amide bonds. The van der Waals surface area contributed by atoms with Crippen LogP contribution >= 0.6 is 11.8 Å². The van der Waals surface area contributed by atoms with Crippen molar-refractivity contribution in [2.75, 3.05) is 26.0 Å². The summed E-state index contributed by atoms with van der Waals surface area (Å²) < 4.78 is 4.98. The number of thioether (sulfide) groups is 1. The van der Waals surface area contributed by atoms with Crippen LogP contribution in [-0.2, 0) is 11.3 Å². The molecule has 0 atom stereocenters. The van der Waals surface area contributed by atoms with Crippen molar-refractivity contribution in [1.82, 2.24) is 5.32 Å². The first kappa shape index (κ1) is 14.3. The molecule has 1 aromatic carbocycles. The molecule has 0 fully saturated rings. The highest BCUT2D eigenvalue weighted by molar-refractivity contribution is 7.99. The molecule has 0 aliphatic carbocycles. The van der Waals surface area contributed by atoms with Crippen LogP contribution in [0.1, 0.15) is 12.0 Å². The third-order valence-electron chi connectivity index (χ3n) is 2.33. The molecule has 1 rings (SSSR count). The van der Waals surface area contributed by atoms with Gasteiger partial charge in [0, 0.05) is 30.8 Å². The Bertz CT molecular complexity index is 311. The zero-order valence-electron chi connectivity index (χ0n) is 10.4. The average Bonchev–Trinajstić information content (AvgIpc) is 2.37. The lowest BCUT2D eigenvalue weighted by molar-refractivity contribution is 0.199. The number of ether oxygens (including phenoxy) is 1. The molecular formula is C14H21NOS. The predicted molar refractivity (Wildman–Crippen MR) is 75.6 cm³/mol. The molecule has 2 nitrogen and oxygen atoms in total. The van der Waals surface area contributed by atoms with Crippen molar-refractivity contribution in [1.29, 1.82) is 0 Å². The summed E-state index contributed by atoms with van der Waals surface area (Å²) in [5.41, 5.74) is 1.31. The number of hydrogen-bond donors (Lipinski definition) is 1. The molecule has 0 saturated heterocycles. The summed E-state index contributed by atoms with van der Waals surface area (Å²) in [6.07, 6.45) is 3.02. The van der Waals surface area contributed by atoms with Crippen LogP contribution in [0.5, 0.6) is 0 Å². The molecule has 94 valence electrons. The highest BCUT2D eigenvalue weighted by Crippen LogP contribution is 2.19. The largest absolute Gasteiger partial charge is 0.383 e. The molecule has 0 aliphatic heterocycles. The Kier molecular flexibility index (Phi) is 7.80. The normalized spacial score (nSPS) is 10.4. The Hall–Kier alpha value is -0.770. The first-order valence-corrected chi connectivity index (χ1v) is 6.87. The van der Waals surface area contributed by atoms with Gasteiger partial charge in [0.2, 0.25) is 0 Å². The van der Waals surface area contributed by atoms with E-state index in [2.05, 4.69) is 36.2 Å². The van der Waals surface area contributed by atoms with Crippen LogP contribution in [0.3, 0.4) is 0 Å². The van der Waals surface area contributed by atoms with E-state index in [0.29, 0.717) is 0 Å². The van der Waals surface area contributed by atoms with E-state index in [1.807, 2.05) is 17.8 Å².